The Morgan fingerprint density at radius 2 is 2.44 bits per heavy atom. The van der Waals surface area contributed by atoms with E-state index in [1.807, 2.05) is 0 Å². The van der Waals surface area contributed by atoms with Gasteiger partial charge in [-0.3, -0.25) is 4.79 Å². The molecule has 1 saturated heterocycles. The van der Waals surface area contributed by atoms with Crippen LogP contribution in [0.25, 0.3) is 0 Å². The third-order valence-corrected chi connectivity index (χ3v) is 2.78. The van der Waals surface area contributed by atoms with Gasteiger partial charge in [-0.2, -0.15) is 0 Å². The average Bonchev–Trinajstić information content (AvgIpc) is 2.59. The monoisotopic (exact) mass is 221 g/mol. The Morgan fingerprint density at radius 3 is 3.00 bits per heavy atom. The third-order valence-electron chi connectivity index (χ3n) is 2.78. The Hall–Kier alpha value is -1.62. The van der Waals surface area contributed by atoms with Crippen LogP contribution in [-0.4, -0.2) is 39.6 Å². The lowest BCUT2D eigenvalue weighted by atomic mass is 10.1. The van der Waals surface area contributed by atoms with E-state index in [1.54, 1.807) is 24.0 Å². The summed E-state index contributed by atoms with van der Waals surface area (Å²) in [6.07, 6.45) is 2.13. The second-order valence-electron chi connectivity index (χ2n) is 4.41. The highest BCUT2D eigenvalue weighted by molar-refractivity contribution is 5.97. The molecule has 16 heavy (non-hydrogen) atoms. The Labute approximate surface area is 93.9 Å². The Morgan fingerprint density at radius 1 is 1.69 bits per heavy atom. The third kappa shape index (κ3) is 1.99. The van der Waals surface area contributed by atoms with Gasteiger partial charge >= 0.3 is 0 Å². The fourth-order valence-corrected chi connectivity index (χ4v) is 1.86. The van der Waals surface area contributed by atoms with Gasteiger partial charge in [0.25, 0.3) is 5.91 Å². The van der Waals surface area contributed by atoms with E-state index in [2.05, 4.69) is 4.98 Å². The van der Waals surface area contributed by atoms with E-state index in [1.165, 1.54) is 6.20 Å². The standard InChI is InChI=1S/C11H15N3O2/c1-11(16)4-6-14(7-11)10(15)9-8(12)3-2-5-13-9/h2-3,5,16H,4,6-7,12H2,1H3. The maximum absolute atomic E-state index is 12.0. The molecular formula is C11H15N3O2. The molecule has 0 saturated carbocycles. The summed E-state index contributed by atoms with van der Waals surface area (Å²) in [5, 5.41) is 9.78. The van der Waals surface area contributed by atoms with E-state index in [-0.39, 0.29) is 11.6 Å². The van der Waals surface area contributed by atoms with Gasteiger partial charge in [0.15, 0.2) is 5.69 Å². The zero-order valence-electron chi connectivity index (χ0n) is 9.18. The molecule has 1 atom stereocenters. The highest BCUT2D eigenvalue weighted by Gasteiger charge is 2.35. The molecule has 0 spiro atoms. The first kappa shape index (κ1) is 10.9. The van der Waals surface area contributed by atoms with Crippen molar-refractivity contribution in [2.24, 2.45) is 0 Å². The molecule has 86 valence electrons. The lowest BCUT2D eigenvalue weighted by Gasteiger charge is -2.19. The molecule has 3 N–H and O–H groups in total. The van der Waals surface area contributed by atoms with Crippen LogP contribution in [0.4, 0.5) is 5.69 Å². The number of carbonyl (C=O) groups excluding carboxylic acids is 1. The number of nitrogens with zero attached hydrogens (tertiary/aromatic N) is 2. The summed E-state index contributed by atoms with van der Waals surface area (Å²) < 4.78 is 0. The molecule has 1 aliphatic rings. The minimum Gasteiger partial charge on any atom is -0.397 e. The van der Waals surface area contributed by atoms with Crippen LogP contribution in [-0.2, 0) is 0 Å². The Kier molecular flexibility index (Phi) is 2.55. The van der Waals surface area contributed by atoms with Crippen LogP contribution in [0.15, 0.2) is 18.3 Å². The topological polar surface area (TPSA) is 79.5 Å². The van der Waals surface area contributed by atoms with Gasteiger partial charge in [-0.05, 0) is 25.5 Å². The van der Waals surface area contributed by atoms with E-state index in [0.29, 0.717) is 25.2 Å². The predicted octanol–water partition coefficient (Wildman–Crippen LogP) is 0.261. The van der Waals surface area contributed by atoms with Gasteiger partial charge in [0.05, 0.1) is 11.3 Å². The molecule has 5 heteroatoms. The Balaban J connectivity index is 2.18. The van der Waals surface area contributed by atoms with Crippen molar-refractivity contribution in [2.75, 3.05) is 18.8 Å². The quantitative estimate of drug-likeness (QED) is 0.713. The van der Waals surface area contributed by atoms with Gasteiger partial charge in [0.2, 0.25) is 0 Å². The molecule has 1 unspecified atom stereocenters. The first-order chi connectivity index (χ1) is 7.49. The van der Waals surface area contributed by atoms with E-state index in [4.69, 9.17) is 5.73 Å². The molecule has 1 aromatic heterocycles. The van der Waals surface area contributed by atoms with Crippen LogP contribution < -0.4 is 5.73 Å². The van der Waals surface area contributed by atoms with E-state index in [9.17, 15) is 9.90 Å². The van der Waals surface area contributed by atoms with Gasteiger partial charge in [-0.25, -0.2) is 4.98 Å². The molecule has 2 rings (SSSR count). The van der Waals surface area contributed by atoms with Crippen molar-refractivity contribution in [2.45, 2.75) is 18.9 Å². The van der Waals surface area contributed by atoms with E-state index < -0.39 is 5.60 Å². The molecule has 0 aromatic carbocycles. The fraction of sp³-hybridized carbons (Fsp3) is 0.455. The minimum absolute atomic E-state index is 0.212. The van der Waals surface area contributed by atoms with Gasteiger partial charge in [-0.15, -0.1) is 0 Å². The summed E-state index contributed by atoms with van der Waals surface area (Å²) in [5.41, 5.74) is 5.53. The Bertz CT molecular complexity index is 417. The minimum atomic E-state index is -0.792. The molecule has 1 fully saturated rings. The van der Waals surface area contributed by atoms with Gasteiger partial charge in [-0.1, -0.05) is 0 Å². The summed E-state index contributed by atoms with van der Waals surface area (Å²) >= 11 is 0. The van der Waals surface area contributed by atoms with Crippen molar-refractivity contribution in [3.05, 3.63) is 24.0 Å². The first-order valence-electron chi connectivity index (χ1n) is 5.22. The smallest absolute Gasteiger partial charge is 0.274 e. The van der Waals surface area contributed by atoms with Crippen LogP contribution in [0.2, 0.25) is 0 Å². The molecule has 0 radical (unpaired) electrons. The maximum Gasteiger partial charge on any atom is 0.274 e. The molecule has 2 heterocycles. The number of pyridine rings is 1. The summed E-state index contributed by atoms with van der Waals surface area (Å²) in [6, 6.07) is 3.33. The number of hydrogen-bond donors (Lipinski definition) is 2. The molecular weight excluding hydrogens is 206 g/mol. The van der Waals surface area contributed by atoms with Crippen LogP contribution >= 0.6 is 0 Å². The number of rotatable bonds is 1. The van der Waals surface area contributed by atoms with Crippen molar-refractivity contribution in [1.82, 2.24) is 9.88 Å². The van der Waals surface area contributed by atoms with Crippen LogP contribution in [0.5, 0.6) is 0 Å². The van der Waals surface area contributed by atoms with Crippen molar-refractivity contribution in [3.8, 4) is 0 Å². The normalized spacial score (nSPS) is 24.8. The van der Waals surface area contributed by atoms with E-state index >= 15 is 0 Å². The van der Waals surface area contributed by atoms with Crippen molar-refractivity contribution < 1.29 is 9.90 Å². The summed E-state index contributed by atoms with van der Waals surface area (Å²) in [7, 11) is 0. The number of carbonyl (C=O) groups is 1. The van der Waals surface area contributed by atoms with Crippen molar-refractivity contribution >= 4 is 11.6 Å². The maximum atomic E-state index is 12.0. The second-order valence-corrected chi connectivity index (χ2v) is 4.41. The highest BCUT2D eigenvalue weighted by Crippen LogP contribution is 2.22. The first-order valence-corrected chi connectivity index (χ1v) is 5.22. The molecule has 1 aromatic rings. The number of anilines is 1. The summed E-state index contributed by atoms with van der Waals surface area (Å²) in [6.45, 7) is 2.60. The lowest BCUT2D eigenvalue weighted by Crippen LogP contribution is -2.34. The molecule has 0 aliphatic carbocycles. The van der Waals surface area contributed by atoms with Crippen LogP contribution in [0.1, 0.15) is 23.8 Å². The SMILES string of the molecule is CC1(O)CCN(C(=O)c2ncccc2N)C1. The zero-order valence-corrected chi connectivity index (χ0v) is 9.18. The number of amides is 1. The van der Waals surface area contributed by atoms with Gasteiger partial charge in [0, 0.05) is 19.3 Å². The summed E-state index contributed by atoms with van der Waals surface area (Å²) in [5.74, 6) is -0.212. The molecule has 5 nitrogen and oxygen atoms in total. The number of β-amino-alcohol motifs (C(OH)–C–C–N with tert-alkyl or cyclic N) is 1. The fourth-order valence-electron chi connectivity index (χ4n) is 1.86. The number of likely N-dealkylation sites (tertiary alicyclic amines) is 1. The molecule has 1 aliphatic heterocycles. The predicted molar refractivity (Wildman–Crippen MR) is 59.8 cm³/mol. The van der Waals surface area contributed by atoms with Crippen molar-refractivity contribution in [3.63, 3.8) is 0 Å². The van der Waals surface area contributed by atoms with Gasteiger partial charge < -0.3 is 15.7 Å². The number of aliphatic hydroxyl groups is 1. The largest absolute Gasteiger partial charge is 0.397 e. The number of nitrogen functional groups attached to an aromatic ring is 1. The average molecular weight is 221 g/mol. The summed E-state index contributed by atoms with van der Waals surface area (Å²) in [4.78, 5) is 17.6. The molecule has 0 bridgehead atoms. The van der Waals surface area contributed by atoms with Crippen LogP contribution in [0, 0.1) is 0 Å². The number of hydrogen-bond acceptors (Lipinski definition) is 4. The van der Waals surface area contributed by atoms with E-state index in [0.717, 1.165) is 0 Å². The number of nitrogens with two attached hydrogens (primary N) is 1. The van der Waals surface area contributed by atoms with Crippen LogP contribution in [0.3, 0.4) is 0 Å². The van der Waals surface area contributed by atoms with Crippen molar-refractivity contribution in [1.29, 1.82) is 0 Å². The second kappa shape index (κ2) is 3.75. The molecule has 1 amide bonds. The number of aromatic nitrogens is 1. The highest BCUT2D eigenvalue weighted by atomic mass is 16.3. The zero-order chi connectivity index (χ0) is 11.8. The lowest BCUT2D eigenvalue weighted by molar-refractivity contribution is 0.0569. The van der Waals surface area contributed by atoms with Gasteiger partial charge in [0.1, 0.15) is 0 Å².